The number of amides is 1. The predicted octanol–water partition coefficient (Wildman–Crippen LogP) is 6.20. The average molecular weight is 548 g/mol. The first-order valence-electron chi connectivity index (χ1n) is 10.5. The molecule has 0 aliphatic carbocycles. The molecule has 12 heteroatoms. The minimum Gasteiger partial charge on any atom is -0.343 e. The summed E-state index contributed by atoms with van der Waals surface area (Å²) in [7, 11) is 0. The van der Waals surface area contributed by atoms with E-state index in [-0.39, 0.29) is 32.2 Å². The fraction of sp³-hybridized carbons (Fsp3) is 0.0833. The average Bonchev–Trinajstić information content (AvgIpc) is 3.18. The molecule has 0 saturated carbocycles. The lowest BCUT2D eigenvalue weighted by Gasteiger charge is -2.27. The van der Waals surface area contributed by atoms with Crippen molar-refractivity contribution in [2.24, 2.45) is 4.99 Å². The minimum absolute atomic E-state index is 0.0814. The van der Waals surface area contributed by atoms with Crippen LogP contribution in [0.2, 0.25) is 15.3 Å². The van der Waals surface area contributed by atoms with Crippen LogP contribution in [0.15, 0.2) is 64.9 Å². The Kier molecular flexibility index (Phi) is 6.38. The Morgan fingerprint density at radius 3 is 2.61 bits per heavy atom. The number of halogens is 5. The molecule has 7 nitrogen and oxygen atoms in total. The highest BCUT2D eigenvalue weighted by atomic mass is 35.5. The zero-order chi connectivity index (χ0) is 25.6. The van der Waals surface area contributed by atoms with Crippen LogP contribution in [0.5, 0.6) is 0 Å². The van der Waals surface area contributed by atoms with Crippen LogP contribution >= 0.6 is 34.8 Å². The van der Waals surface area contributed by atoms with Crippen molar-refractivity contribution in [1.82, 2.24) is 20.5 Å². The maximum absolute atomic E-state index is 15.0. The fourth-order valence-electron chi connectivity index (χ4n) is 3.91. The molecule has 0 saturated heterocycles. The van der Waals surface area contributed by atoms with Gasteiger partial charge in [0.15, 0.2) is 5.15 Å². The molecule has 36 heavy (non-hydrogen) atoms. The van der Waals surface area contributed by atoms with Gasteiger partial charge in [-0.1, -0.05) is 40.9 Å². The van der Waals surface area contributed by atoms with E-state index in [0.29, 0.717) is 28.0 Å². The number of nitrogens with one attached hydrogen (secondary N) is 3. The molecule has 3 heterocycles. The van der Waals surface area contributed by atoms with E-state index in [9.17, 15) is 9.18 Å². The summed E-state index contributed by atoms with van der Waals surface area (Å²) in [6.07, 6.45) is 1.50. The van der Waals surface area contributed by atoms with Crippen LogP contribution in [0.25, 0.3) is 10.9 Å². The van der Waals surface area contributed by atoms with Crippen LogP contribution in [-0.4, -0.2) is 26.9 Å². The number of aromatic amines is 1. The van der Waals surface area contributed by atoms with Crippen molar-refractivity contribution in [3.8, 4) is 0 Å². The molecular weight excluding hydrogens is 533 g/mol. The fourth-order valence-corrected chi connectivity index (χ4v) is 4.44. The van der Waals surface area contributed by atoms with Crippen molar-refractivity contribution in [3.05, 3.63) is 98.0 Å². The van der Waals surface area contributed by atoms with Gasteiger partial charge >= 0.3 is 0 Å². The smallest absolute Gasteiger partial charge is 0.255 e. The molecule has 1 aliphatic heterocycles. The number of pyridine rings is 1. The lowest BCUT2D eigenvalue weighted by molar-refractivity contribution is -0.113. The van der Waals surface area contributed by atoms with Crippen molar-refractivity contribution >= 4 is 63.1 Å². The zero-order valence-electron chi connectivity index (χ0n) is 18.3. The van der Waals surface area contributed by atoms with Crippen LogP contribution in [0.4, 0.5) is 14.5 Å². The van der Waals surface area contributed by atoms with Crippen molar-refractivity contribution in [1.29, 1.82) is 0 Å². The van der Waals surface area contributed by atoms with Gasteiger partial charge in [0.25, 0.3) is 5.91 Å². The van der Waals surface area contributed by atoms with Gasteiger partial charge in [-0.3, -0.25) is 14.9 Å². The first-order chi connectivity index (χ1) is 17.2. The van der Waals surface area contributed by atoms with E-state index in [0.717, 1.165) is 6.07 Å². The third-order valence-corrected chi connectivity index (χ3v) is 6.33. The number of carbonyl (C=O) groups excluding carboxylic acids is 1. The van der Waals surface area contributed by atoms with Gasteiger partial charge in [-0.2, -0.15) is 5.10 Å². The highest BCUT2D eigenvalue weighted by Crippen LogP contribution is 2.35. The van der Waals surface area contributed by atoms with Crippen molar-refractivity contribution in [2.45, 2.75) is 13.0 Å². The lowest BCUT2D eigenvalue weighted by atomic mass is 9.94. The summed E-state index contributed by atoms with van der Waals surface area (Å²) in [5.41, 5.74) is 1.40. The lowest BCUT2D eigenvalue weighted by Crippen LogP contribution is -2.34. The molecule has 1 unspecified atom stereocenters. The molecule has 1 amide bonds. The first kappa shape index (κ1) is 24.2. The number of rotatable bonds is 4. The normalized spacial score (nSPS) is 15.6. The molecule has 3 N–H and O–H groups in total. The van der Waals surface area contributed by atoms with E-state index in [1.54, 1.807) is 19.1 Å². The summed E-state index contributed by atoms with van der Waals surface area (Å²) < 4.78 is 29.8. The Morgan fingerprint density at radius 1 is 1.06 bits per heavy atom. The Bertz CT molecular complexity index is 1600. The molecule has 0 bridgehead atoms. The van der Waals surface area contributed by atoms with Crippen LogP contribution in [0.3, 0.4) is 0 Å². The van der Waals surface area contributed by atoms with Gasteiger partial charge in [-0.25, -0.2) is 13.8 Å². The largest absolute Gasteiger partial charge is 0.343 e. The molecule has 0 spiro atoms. The number of hydrogen-bond acceptors (Lipinski definition) is 5. The summed E-state index contributed by atoms with van der Waals surface area (Å²) in [5.74, 6) is -1.69. The van der Waals surface area contributed by atoms with Crippen LogP contribution in [-0.2, 0) is 4.79 Å². The standard InChI is InChI=1S/C24H15Cl3F2N6O/c1-10-20(24(36)32-18-8-14-17(9-16(18)29)34-35-22(14)27)21(13-3-2-12(25)7-15(13)28)33-23(31-10)11-4-5-30-19(26)6-11/h2-9,21H,1H3,(H,31,33)(H,32,36)(H,34,35). The summed E-state index contributed by atoms with van der Waals surface area (Å²) in [5, 5.41) is 13.0. The number of aliphatic imine (C=N–C) groups is 1. The van der Waals surface area contributed by atoms with Gasteiger partial charge in [-0.05, 0) is 37.3 Å². The van der Waals surface area contributed by atoms with E-state index in [2.05, 4.69) is 30.8 Å². The summed E-state index contributed by atoms with van der Waals surface area (Å²) in [4.78, 5) is 22.0. The SMILES string of the molecule is CC1=C(C(=O)Nc2cc3c(Cl)n[nH]c3cc2F)C(c2ccc(Cl)cc2F)N=C(c2ccnc(Cl)c2)N1. The maximum Gasteiger partial charge on any atom is 0.255 e. The monoisotopic (exact) mass is 546 g/mol. The highest BCUT2D eigenvalue weighted by Gasteiger charge is 2.32. The molecule has 4 aromatic rings. The third kappa shape index (κ3) is 4.53. The first-order valence-corrected chi connectivity index (χ1v) is 11.6. The van der Waals surface area contributed by atoms with E-state index in [1.165, 1.54) is 30.5 Å². The van der Waals surface area contributed by atoms with Crippen LogP contribution in [0.1, 0.15) is 24.1 Å². The second-order valence-electron chi connectivity index (χ2n) is 7.92. The summed E-state index contributed by atoms with van der Waals surface area (Å²) in [6.45, 7) is 1.64. The number of H-pyrrole nitrogens is 1. The van der Waals surface area contributed by atoms with Gasteiger partial charge in [-0.15, -0.1) is 0 Å². The van der Waals surface area contributed by atoms with Gasteiger partial charge in [0, 0.05) is 39.5 Å². The number of nitrogens with zero attached hydrogens (tertiary/aromatic N) is 3. The van der Waals surface area contributed by atoms with Crippen LogP contribution in [0, 0.1) is 11.6 Å². The molecule has 1 aliphatic rings. The summed E-state index contributed by atoms with van der Waals surface area (Å²) >= 11 is 18.0. The van der Waals surface area contributed by atoms with E-state index in [4.69, 9.17) is 34.8 Å². The molecule has 0 fully saturated rings. The van der Waals surface area contributed by atoms with Gasteiger partial charge in [0.05, 0.1) is 16.8 Å². The summed E-state index contributed by atoms with van der Waals surface area (Å²) in [6, 6.07) is 8.80. The van der Waals surface area contributed by atoms with Gasteiger partial charge in [0.2, 0.25) is 0 Å². The Balaban J connectivity index is 1.58. The zero-order valence-corrected chi connectivity index (χ0v) is 20.6. The Labute approximate surface area is 218 Å². The molecule has 2 aromatic carbocycles. The second-order valence-corrected chi connectivity index (χ2v) is 9.10. The Morgan fingerprint density at radius 2 is 1.86 bits per heavy atom. The number of anilines is 1. The molecule has 1 atom stereocenters. The number of benzene rings is 2. The van der Waals surface area contributed by atoms with Gasteiger partial charge < -0.3 is 10.6 Å². The molecule has 182 valence electrons. The molecule has 5 rings (SSSR count). The maximum atomic E-state index is 15.0. The van der Waals surface area contributed by atoms with Crippen molar-refractivity contribution in [3.63, 3.8) is 0 Å². The quantitative estimate of drug-likeness (QED) is 0.265. The Hall–Kier alpha value is -3.53. The number of allylic oxidation sites excluding steroid dienone is 1. The van der Waals surface area contributed by atoms with E-state index in [1.807, 2.05) is 0 Å². The highest BCUT2D eigenvalue weighted by molar-refractivity contribution is 6.34. The number of amidine groups is 1. The second kappa shape index (κ2) is 9.50. The number of carbonyl (C=O) groups is 1. The predicted molar refractivity (Wildman–Crippen MR) is 135 cm³/mol. The molecular formula is C24H15Cl3F2N6O. The van der Waals surface area contributed by atoms with Crippen molar-refractivity contribution in [2.75, 3.05) is 5.32 Å². The molecule has 2 aromatic heterocycles. The number of hydrogen-bond donors (Lipinski definition) is 3. The van der Waals surface area contributed by atoms with Gasteiger partial charge in [0.1, 0.15) is 28.7 Å². The molecule has 0 radical (unpaired) electrons. The number of fused-ring (bicyclic) bond motifs is 1. The van der Waals surface area contributed by atoms with Crippen molar-refractivity contribution < 1.29 is 13.6 Å². The van der Waals surface area contributed by atoms with E-state index >= 15 is 4.39 Å². The third-order valence-electron chi connectivity index (χ3n) is 5.60. The topological polar surface area (TPSA) is 95.1 Å². The minimum atomic E-state index is -1.07. The number of aromatic nitrogens is 3. The van der Waals surface area contributed by atoms with Crippen LogP contribution < -0.4 is 10.6 Å². The van der Waals surface area contributed by atoms with E-state index < -0.39 is 23.6 Å².